The predicted octanol–water partition coefficient (Wildman–Crippen LogP) is 3.66. The van der Waals surface area contributed by atoms with E-state index in [4.69, 9.17) is 4.74 Å². The van der Waals surface area contributed by atoms with Gasteiger partial charge in [-0.25, -0.2) is 8.42 Å². The van der Waals surface area contributed by atoms with Crippen molar-refractivity contribution in [3.8, 4) is 0 Å². The number of nitrogens with zero attached hydrogens (tertiary/aromatic N) is 1. The molecule has 1 aromatic heterocycles. The number of aryl methyl sites for hydroxylation is 1. The minimum absolute atomic E-state index is 0.0405. The molecule has 1 fully saturated rings. The summed E-state index contributed by atoms with van der Waals surface area (Å²) in [5.41, 5.74) is 1.81. The van der Waals surface area contributed by atoms with E-state index in [1.165, 1.54) is 17.0 Å². The first-order chi connectivity index (χ1) is 15.9. The van der Waals surface area contributed by atoms with Gasteiger partial charge in [0.15, 0.2) is 0 Å². The van der Waals surface area contributed by atoms with Crippen LogP contribution in [0, 0.1) is 6.92 Å². The van der Waals surface area contributed by atoms with Crippen LogP contribution in [0.1, 0.15) is 26.8 Å². The molecule has 2 N–H and O–H groups in total. The third-order valence-corrected chi connectivity index (χ3v) is 7.88. The van der Waals surface area contributed by atoms with Gasteiger partial charge in [-0.05, 0) is 48.7 Å². The molecule has 2 heterocycles. The van der Waals surface area contributed by atoms with Gasteiger partial charge in [-0.3, -0.25) is 14.4 Å². The van der Waals surface area contributed by atoms with Crippen molar-refractivity contribution in [2.24, 2.45) is 0 Å². The van der Waals surface area contributed by atoms with Crippen LogP contribution in [0.25, 0.3) is 0 Å². The molecule has 1 aliphatic rings. The lowest BCUT2D eigenvalue weighted by atomic mass is 10.1. The fraction of sp³-hybridized carbons (Fsp3) is 0.292. The number of amides is 1. The first-order valence-corrected chi connectivity index (χ1v) is 13.1. The fourth-order valence-corrected chi connectivity index (χ4v) is 5.68. The summed E-state index contributed by atoms with van der Waals surface area (Å²) in [6, 6.07) is 17.3. The average molecular weight is 486 g/mol. The van der Waals surface area contributed by atoms with E-state index < -0.39 is 10.0 Å². The third kappa shape index (κ3) is 6.00. The number of hydrogen-bond donors (Lipinski definition) is 2. The summed E-state index contributed by atoms with van der Waals surface area (Å²) >= 11 is 1.66. The Bertz CT molecular complexity index is 1170. The first kappa shape index (κ1) is 23.4. The zero-order valence-electron chi connectivity index (χ0n) is 18.4. The number of anilines is 1. The molecule has 0 saturated carbocycles. The van der Waals surface area contributed by atoms with Crippen LogP contribution in [-0.4, -0.2) is 52.1 Å². The van der Waals surface area contributed by atoms with E-state index in [1.54, 1.807) is 35.6 Å². The molecule has 4 rings (SSSR count). The largest absolute Gasteiger partial charge is 0.379 e. The summed E-state index contributed by atoms with van der Waals surface area (Å²) < 4.78 is 33.7. The number of benzene rings is 2. The van der Waals surface area contributed by atoms with E-state index in [0.717, 1.165) is 18.7 Å². The maximum absolute atomic E-state index is 12.9. The number of hydrogen-bond acceptors (Lipinski definition) is 6. The molecule has 3 aromatic rings. The highest BCUT2D eigenvalue weighted by Gasteiger charge is 2.24. The number of morpholine rings is 1. The summed E-state index contributed by atoms with van der Waals surface area (Å²) in [4.78, 5) is 16.4. The predicted molar refractivity (Wildman–Crippen MR) is 130 cm³/mol. The number of carbonyl (C=O) groups excluding carboxylic acids is 1. The summed E-state index contributed by atoms with van der Waals surface area (Å²) in [5, 5.41) is 5.02. The molecule has 0 radical (unpaired) electrons. The molecule has 1 amide bonds. The number of nitrogens with one attached hydrogen (secondary N) is 2. The summed E-state index contributed by atoms with van der Waals surface area (Å²) in [5.74, 6) is -0.308. The Labute approximate surface area is 198 Å². The quantitative estimate of drug-likeness (QED) is 0.508. The van der Waals surface area contributed by atoms with Gasteiger partial charge < -0.3 is 10.1 Å². The molecule has 1 aliphatic heterocycles. The van der Waals surface area contributed by atoms with Crippen molar-refractivity contribution in [3.05, 3.63) is 82.0 Å². The van der Waals surface area contributed by atoms with Crippen LogP contribution in [0.2, 0.25) is 0 Å². The third-order valence-electron chi connectivity index (χ3n) is 5.52. The maximum atomic E-state index is 12.9. The van der Waals surface area contributed by atoms with Crippen LogP contribution in [-0.2, 0) is 14.8 Å². The van der Waals surface area contributed by atoms with Crippen molar-refractivity contribution < 1.29 is 17.9 Å². The molecule has 0 bridgehead atoms. The van der Waals surface area contributed by atoms with Gasteiger partial charge in [0.2, 0.25) is 0 Å². The highest BCUT2D eigenvalue weighted by Crippen LogP contribution is 2.25. The van der Waals surface area contributed by atoms with Crippen molar-refractivity contribution in [2.45, 2.75) is 17.9 Å². The van der Waals surface area contributed by atoms with Crippen LogP contribution in [0.5, 0.6) is 0 Å². The standard InChI is InChI=1S/C24H27N3O4S2/c1-18-7-9-20(10-8-18)26-33(29,30)21-5-2-4-19(16-21)24(28)25-17-22(23-6-3-15-32-23)27-11-13-31-14-12-27/h2-10,15-16,22,26H,11-14,17H2,1H3,(H,25,28)/t22-/m0/s1. The Morgan fingerprint density at radius 2 is 1.85 bits per heavy atom. The zero-order chi connectivity index (χ0) is 23.3. The van der Waals surface area contributed by atoms with E-state index >= 15 is 0 Å². The SMILES string of the molecule is Cc1ccc(NS(=O)(=O)c2cccc(C(=O)NC[C@@H](c3cccs3)N3CCOCC3)c2)cc1. The van der Waals surface area contributed by atoms with Crippen LogP contribution in [0.15, 0.2) is 70.9 Å². The lowest BCUT2D eigenvalue weighted by Gasteiger charge is -2.34. The van der Waals surface area contributed by atoms with E-state index in [1.807, 2.05) is 30.5 Å². The van der Waals surface area contributed by atoms with Gasteiger partial charge in [-0.15, -0.1) is 11.3 Å². The Hall–Kier alpha value is -2.72. The van der Waals surface area contributed by atoms with E-state index in [2.05, 4.69) is 21.0 Å². The molecule has 7 nitrogen and oxygen atoms in total. The normalized spacial score (nSPS) is 15.7. The molecule has 9 heteroatoms. The molecule has 33 heavy (non-hydrogen) atoms. The number of thiophene rings is 1. The summed E-state index contributed by atoms with van der Waals surface area (Å²) in [6.45, 7) is 5.31. The highest BCUT2D eigenvalue weighted by atomic mass is 32.2. The molecule has 174 valence electrons. The molecule has 0 aliphatic carbocycles. The topological polar surface area (TPSA) is 87.7 Å². The Balaban J connectivity index is 1.46. The monoisotopic (exact) mass is 485 g/mol. The van der Waals surface area contributed by atoms with Crippen molar-refractivity contribution in [3.63, 3.8) is 0 Å². The molecular weight excluding hydrogens is 458 g/mol. The molecule has 2 aromatic carbocycles. The van der Waals surface area contributed by atoms with Gasteiger partial charge in [0.25, 0.3) is 15.9 Å². The van der Waals surface area contributed by atoms with Gasteiger partial charge in [0.05, 0.1) is 24.2 Å². The lowest BCUT2D eigenvalue weighted by molar-refractivity contribution is 0.0169. The smallest absolute Gasteiger partial charge is 0.261 e. The van der Waals surface area contributed by atoms with E-state index in [-0.39, 0.29) is 16.8 Å². The first-order valence-electron chi connectivity index (χ1n) is 10.8. The minimum atomic E-state index is -3.82. The van der Waals surface area contributed by atoms with Crippen molar-refractivity contribution in [1.82, 2.24) is 10.2 Å². The molecule has 1 saturated heterocycles. The number of carbonyl (C=O) groups is 1. The second-order valence-electron chi connectivity index (χ2n) is 7.89. The van der Waals surface area contributed by atoms with Crippen LogP contribution >= 0.6 is 11.3 Å². The lowest BCUT2D eigenvalue weighted by Crippen LogP contribution is -2.43. The van der Waals surface area contributed by atoms with E-state index in [0.29, 0.717) is 31.0 Å². The van der Waals surface area contributed by atoms with Crippen LogP contribution < -0.4 is 10.0 Å². The second-order valence-corrected chi connectivity index (χ2v) is 10.6. The van der Waals surface area contributed by atoms with Gasteiger partial charge in [0.1, 0.15) is 0 Å². The van der Waals surface area contributed by atoms with Crippen LogP contribution in [0.3, 0.4) is 0 Å². The maximum Gasteiger partial charge on any atom is 0.261 e. The summed E-state index contributed by atoms with van der Waals surface area (Å²) in [7, 11) is -3.82. The molecule has 0 unspecified atom stereocenters. The van der Waals surface area contributed by atoms with Gasteiger partial charge in [0, 0.05) is 35.8 Å². The zero-order valence-corrected chi connectivity index (χ0v) is 20.0. The summed E-state index contributed by atoms with van der Waals surface area (Å²) in [6.07, 6.45) is 0. The Morgan fingerprint density at radius 3 is 2.55 bits per heavy atom. The molecule has 1 atom stereocenters. The average Bonchev–Trinajstić information content (AvgIpc) is 3.36. The van der Waals surface area contributed by atoms with Crippen LogP contribution in [0.4, 0.5) is 5.69 Å². The fourth-order valence-electron chi connectivity index (χ4n) is 3.71. The number of ether oxygens (including phenoxy) is 1. The Kier molecular flexibility index (Phi) is 7.44. The van der Waals surface area contributed by atoms with Gasteiger partial charge in [-0.2, -0.15) is 0 Å². The molecular formula is C24H27N3O4S2. The Morgan fingerprint density at radius 1 is 1.09 bits per heavy atom. The van der Waals surface area contributed by atoms with Crippen molar-refractivity contribution in [2.75, 3.05) is 37.6 Å². The second kappa shape index (κ2) is 10.5. The highest BCUT2D eigenvalue weighted by molar-refractivity contribution is 7.92. The number of sulfonamides is 1. The van der Waals surface area contributed by atoms with Gasteiger partial charge >= 0.3 is 0 Å². The molecule has 0 spiro atoms. The van der Waals surface area contributed by atoms with E-state index in [9.17, 15) is 13.2 Å². The van der Waals surface area contributed by atoms with Crippen molar-refractivity contribution >= 4 is 33.0 Å². The number of rotatable bonds is 8. The van der Waals surface area contributed by atoms with Crippen molar-refractivity contribution in [1.29, 1.82) is 0 Å². The van der Waals surface area contributed by atoms with Gasteiger partial charge in [-0.1, -0.05) is 29.8 Å². The minimum Gasteiger partial charge on any atom is -0.379 e.